The van der Waals surface area contributed by atoms with E-state index >= 15 is 0 Å². The second-order valence-corrected chi connectivity index (χ2v) is 7.45. The maximum absolute atomic E-state index is 4.52. The number of nitrogens with zero attached hydrogens (tertiary/aromatic N) is 1. The maximum Gasteiger partial charge on any atom is 0.0930 e. The number of hydrogen-bond acceptors (Lipinski definition) is 3. The lowest BCUT2D eigenvalue weighted by Crippen LogP contribution is -2.39. The summed E-state index contributed by atoms with van der Waals surface area (Å²) < 4.78 is 0. The van der Waals surface area contributed by atoms with Crippen LogP contribution in [-0.2, 0) is 6.42 Å². The minimum Gasteiger partial charge on any atom is -0.316 e. The van der Waals surface area contributed by atoms with Gasteiger partial charge in [0.25, 0.3) is 0 Å². The fourth-order valence-corrected chi connectivity index (χ4v) is 4.33. The zero-order valence-corrected chi connectivity index (χ0v) is 14.0. The fourth-order valence-electron chi connectivity index (χ4n) is 3.54. The van der Waals surface area contributed by atoms with Gasteiger partial charge in [-0.05, 0) is 43.6 Å². The zero-order valence-electron chi connectivity index (χ0n) is 13.2. The predicted molar refractivity (Wildman–Crippen MR) is 88.3 cm³/mol. The quantitative estimate of drug-likeness (QED) is 0.754. The molecular weight excluding hydrogens is 264 g/mol. The van der Waals surface area contributed by atoms with Crippen LogP contribution in [0.25, 0.3) is 0 Å². The Morgan fingerprint density at radius 2 is 2.15 bits per heavy atom. The molecule has 1 aliphatic carbocycles. The molecule has 0 amide bonds. The van der Waals surface area contributed by atoms with Crippen molar-refractivity contribution in [2.75, 3.05) is 13.1 Å². The molecule has 2 nitrogen and oxygen atoms in total. The Hall–Kier alpha value is -0.410. The summed E-state index contributed by atoms with van der Waals surface area (Å²) in [6.07, 6.45) is 13.0. The van der Waals surface area contributed by atoms with Crippen LogP contribution in [0.3, 0.4) is 0 Å². The van der Waals surface area contributed by atoms with Crippen LogP contribution in [-0.4, -0.2) is 18.1 Å². The van der Waals surface area contributed by atoms with Crippen molar-refractivity contribution < 1.29 is 0 Å². The summed E-state index contributed by atoms with van der Waals surface area (Å²) in [5.74, 6) is 0.987. The molecule has 0 atom stereocenters. The summed E-state index contributed by atoms with van der Waals surface area (Å²) in [5, 5.41) is 7.05. The van der Waals surface area contributed by atoms with Gasteiger partial charge in [-0.15, -0.1) is 11.3 Å². The molecular formula is C17H30N2S. The average Bonchev–Trinajstić information content (AvgIpc) is 2.97. The van der Waals surface area contributed by atoms with Crippen LogP contribution in [0.5, 0.6) is 0 Å². The van der Waals surface area contributed by atoms with Crippen molar-refractivity contribution in [1.82, 2.24) is 10.3 Å². The summed E-state index contributed by atoms with van der Waals surface area (Å²) in [6, 6.07) is 0. The third-order valence-electron chi connectivity index (χ3n) is 4.89. The molecule has 0 saturated heterocycles. The standard InChI is InChI=1S/C17H30N2S/c1-3-5-6-15-7-9-17(10-8-15,14-18-4-2)13-16-19-11-12-20-16/h11-12,15,18H,3-10,13-14H2,1-2H3. The van der Waals surface area contributed by atoms with Gasteiger partial charge in [-0.3, -0.25) is 0 Å². The van der Waals surface area contributed by atoms with Gasteiger partial charge in [0.1, 0.15) is 0 Å². The van der Waals surface area contributed by atoms with E-state index in [1.807, 2.05) is 17.5 Å². The molecule has 0 aliphatic heterocycles. The second-order valence-electron chi connectivity index (χ2n) is 6.47. The molecule has 2 rings (SSSR count). The van der Waals surface area contributed by atoms with Crippen LogP contribution in [0.15, 0.2) is 11.6 Å². The first-order chi connectivity index (χ1) is 9.78. The van der Waals surface area contributed by atoms with Crippen LogP contribution >= 0.6 is 11.3 Å². The Kier molecular flexibility index (Phi) is 6.50. The molecule has 1 heterocycles. The van der Waals surface area contributed by atoms with Crippen molar-refractivity contribution in [3.63, 3.8) is 0 Å². The second kappa shape index (κ2) is 8.14. The molecule has 0 spiro atoms. The molecule has 0 radical (unpaired) electrons. The number of nitrogens with one attached hydrogen (secondary N) is 1. The van der Waals surface area contributed by atoms with E-state index in [0.717, 1.165) is 12.5 Å². The molecule has 3 heteroatoms. The molecule has 114 valence electrons. The molecule has 0 unspecified atom stereocenters. The number of unbranched alkanes of at least 4 members (excludes halogenated alkanes) is 1. The van der Waals surface area contributed by atoms with Crippen molar-refractivity contribution in [1.29, 1.82) is 0 Å². The van der Waals surface area contributed by atoms with Crippen LogP contribution < -0.4 is 5.32 Å². The van der Waals surface area contributed by atoms with Crippen molar-refractivity contribution in [3.8, 4) is 0 Å². The lowest BCUT2D eigenvalue weighted by Gasteiger charge is -2.40. The van der Waals surface area contributed by atoms with E-state index in [-0.39, 0.29) is 0 Å². The summed E-state index contributed by atoms with van der Waals surface area (Å²) >= 11 is 1.82. The highest BCUT2D eigenvalue weighted by atomic mass is 32.1. The highest BCUT2D eigenvalue weighted by Crippen LogP contribution is 2.42. The van der Waals surface area contributed by atoms with Crippen molar-refractivity contribution in [2.24, 2.45) is 11.3 Å². The smallest absolute Gasteiger partial charge is 0.0930 e. The van der Waals surface area contributed by atoms with E-state index in [9.17, 15) is 0 Å². The molecule has 1 aromatic rings. The zero-order chi connectivity index (χ0) is 14.3. The van der Waals surface area contributed by atoms with E-state index in [1.54, 1.807) is 0 Å². The van der Waals surface area contributed by atoms with Crippen molar-refractivity contribution in [2.45, 2.75) is 65.2 Å². The van der Waals surface area contributed by atoms with Crippen LogP contribution in [0.2, 0.25) is 0 Å². The summed E-state index contributed by atoms with van der Waals surface area (Å²) in [5.41, 5.74) is 0.469. The van der Waals surface area contributed by atoms with Gasteiger partial charge in [0.2, 0.25) is 0 Å². The molecule has 20 heavy (non-hydrogen) atoms. The monoisotopic (exact) mass is 294 g/mol. The largest absolute Gasteiger partial charge is 0.316 e. The van der Waals surface area contributed by atoms with Gasteiger partial charge in [0, 0.05) is 24.5 Å². The van der Waals surface area contributed by atoms with Crippen molar-refractivity contribution >= 4 is 11.3 Å². The first-order valence-electron chi connectivity index (χ1n) is 8.37. The maximum atomic E-state index is 4.52. The van der Waals surface area contributed by atoms with E-state index < -0.39 is 0 Å². The first kappa shape index (κ1) is 16.0. The number of aromatic nitrogens is 1. The van der Waals surface area contributed by atoms with E-state index in [1.165, 1.54) is 62.9 Å². The van der Waals surface area contributed by atoms with Crippen LogP contribution in [0.1, 0.15) is 63.8 Å². The Morgan fingerprint density at radius 1 is 1.35 bits per heavy atom. The fraction of sp³-hybridized carbons (Fsp3) is 0.824. The highest BCUT2D eigenvalue weighted by Gasteiger charge is 2.35. The normalized spacial score (nSPS) is 26.8. The number of thiazole rings is 1. The third-order valence-corrected chi connectivity index (χ3v) is 5.67. The van der Waals surface area contributed by atoms with Gasteiger partial charge >= 0.3 is 0 Å². The first-order valence-corrected chi connectivity index (χ1v) is 9.25. The Labute approximate surface area is 128 Å². The van der Waals surface area contributed by atoms with Gasteiger partial charge in [-0.1, -0.05) is 33.1 Å². The highest BCUT2D eigenvalue weighted by molar-refractivity contribution is 7.09. The van der Waals surface area contributed by atoms with Gasteiger partial charge in [-0.2, -0.15) is 0 Å². The average molecular weight is 295 g/mol. The minimum absolute atomic E-state index is 0.469. The van der Waals surface area contributed by atoms with Crippen LogP contribution in [0.4, 0.5) is 0 Å². The van der Waals surface area contributed by atoms with Gasteiger partial charge < -0.3 is 5.32 Å². The topological polar surface area (TPSA) is 24.9 Å². The lowest BCUT2D eigenvalue weighted by molar-refractivity contribution is 0.139. The number of hydrogen-bond donors (Lipinski definition) is 1. The van der Waals surface area contributed by atoms with E-state index in [2.05, 4.69) is 29.5 Å². The minimum atomic E-state index is 0.469. The van der Waals surface area contributed by atoms with Gasteiger partial charge in [0.15, 0.2) is 0 Å². The molecule has 0 bridgehead atoms. The predicted octanol–water partition coefficient (Wildman–Crippen LogP) is 4.66. The Morgan fingerprint density at radius 3 is 2.75 bits per heavy atom. The van der Waals surface area contributed by atoms with E-state index in [0.29, 0.717) is 5.41 Å². The van der Waals surface area contributed by atoms with Crippen LogP contribution in [0, 0.1) is 11.3 Å². The van der Waals surface area contributed by atoms with Gasteiger partial charge in [-0.25, -0.2) is 4.98 Å². The molecule has 1 aromatic heterocycles. The van der Waals surface area contributed by atoms with E-state index in [4.69, 9.17) is 0 Å². The van der Waals surface area contributed by atoms with Gasteiger partial charge in [0.05, 0.1) is 5.01 Å². The van der Waals surface area contributed by atoms with Crippen molar-refractivity contribution in [3.05, 3.63) is 16.6 Å². The summed E-state index contributed by atoms with van der Waals surface area (Å²) in [7, 11) is 0. The molecule has 1 aliphatic rings. The number of rotatable bonds is 8. The molecule has 1 N–H and O–H groups in total. The molecule has 0 aromatic carbocycles. The summed E-state index contributed by atoms with van der Waals surface area (Å²) in [6.45, 7) is 6.77. The lowest BCUT2D eigenvalue weighted by atomic mass is 9.67. The Bertz CT molecular complexity index is 353. The third kappa shape index (κ3) is 4.56. The molecule has 1 fully saturated rings. The SMILES string of the molecule is CCCCC1CCC(CNCC)(Cc2nccs2)CC1. The summed E-state index contributed by atoms with van der Waals surface area (Å²) in [4.78, 5) is 4.52. The molecule has 1 saturated carbocycles. The Balaban J connectivity index is 1.91.